The van der Waals surface area contributed by atoms with Crippen LogP contribution in [0, 0.1) is 6.92 Å². The number of hydrogen-bond acceptors (Lipinski definition) is 7. The van der Waals surface area contributed by atoms with E-state index in [9.17, 15) is 14.7 Å². The molecule has 9 nitrogen and oxygen atoms in total. The molecule has 2 N–H and O–H groups in total. The van der Waals surface area contributed by atoms with Gasteiger partial charge in [0.15, 0.2) is 5.65 Å². The van der Waals surface area contributed by atoms with Crippen molar-refractivity contribution in [2.45, 2.75) is 65.7 Å². The number of fused-ring (bicyclic) bond motifs is 2. The van der Waals surface area contributed by atoms with Gasteiger partial charge in [0.05, 0.1) is 24.4 Å². The molecule has 1 atom stereocenters. The van der Waals surface area contributed by atoms with Gasteiger partial charge in [-0.05, 0) is 87.6 Å². The zero-order valence-electron chi connectivity index (χ0n) is 25.9. The second-order valence-corrected chi connectivity index (χ2v) is 12.6. The molecule has 1 aliphatic heterocycles. The molecule has 226 valence electrons. The maximum absolute atomic E-state index is 12.7. The maximum atomic E-state index is 12.7. The number of rotatable bonds is 8. The molecule has 0 saturated heterocycles. The van der Waals surface area contributed by atoms with E-state index in [1.807, 2.05) is 39.1 Å². The molecule has 0 fully saturated rings. The van der Waals surface area contributed by atoms with E-state index in [0.29, 0.717) is 24.2 Å². The molecular formula is C34H41N5O4. The summed E-state index contributed by atoms with van der Waals surface area (Å²) in [7, 11) is 1.69. The Hall–Kier alpha value is -4.08. The van der Waals surface area contributed by atoms with Crippen LogP contribution in [0.3, 0.4) is 0 Å². The predicted octanol–water partition coefficient (Wildman–Crippen LogP) is 5.14. The van der Waals surface area contributed by atoms with Crippen molar-refractivity contribution in [2.24, 2.45) is 0 Å². The number of aromatic nitrogens is 3. The highest BCUT2D eigenvalue weighted by molar-refractivity contribution is 5.96. The standard InChI is InChI=1S/C34H41N5O4/c1-21-15-26(16-25-11-13-39(20-28(21)25)14-12-30(41)43-34(3,4)5)29-18-36-32-31(37-29)27(17-35-32)23-7-9-24(10-8-23)33(42)38(6)19-22(2)40/h7-10,15-18,22,40H,11-14,19-20H2,1-6H3,(H,35,36)/t22-/m0/s1. The summed E-state index contributed by atoms with van der Waals surface area (Å²) in [5.74, 6) is -0.296. The number of H-pyrrole nitrogens is 1. The predicted molar refractivity (Wildman–Crippen MR) is 168 cm³/mol. The number of esters is 1. The number of carbonyl (C=O) groups excluding carboxylic acids is 2. The van der Waals surface area contributed by atoms with Crippen LogP contribution in [-0.4, -0.2) is 80.1 Å². The third-order valence-electron chi connectivity index (χ3n) is 7.70. The van der Waals surface area contributed by atoms with Gasteiger partial charge in [0.2, 0.25) is 0 Å². The fourth-order valence-electron chi connectivity index (χ4n) is 5.64. The monoisotopic (exact) mass is 583 g/mol. The van der Waals surface area contributed by atoms with Crippen LogP contribution in [0.5, 0.6) is 0 Å². The van der Waals surface area contributed by atoms with Crippen LogP contribution in [0.2, 0.25) is 0 Å². The molecule has 0 spiro atoms. The average Bonchev–Trinajstić information content (AvgIpc) is 3.38. The summed E-state index contributed by atoms with van der Waals surface area (Å²) < 4.78 is 5.48. The zero-order chi connectivity index (χ0) is 30.9. The minimum atomic E-state index is -0.586. The fraction of sp³-hybridized carbons (Fsp3) is 0.412. The number of benzene rings is 2. The van der Waals surface area contributed by atoms with Crippen LogP contribution in [0.15, 0.2) is 48.8 Å². The number of aliphatic hydroxyl groups is 1. The van der Waals surface area contributed by atoms with Crippen molar-refractivity contribution in [3.63, 3.8) is 0 Å². The molecule has 1 aliphatic rings. The van der Waals surface area contributed by atoms with Crippen molar-refractivity contribution < 1.29 is 19.4 Å². The Morgan fingerprint density at radius 3 is 2.60 bits per heavy atom. The van der Waals surface area contributed by atoms with Crippen LogP contribution in [-0.2, 0) is 22.5 Å². The van der Waals surface area contributed by atoms with E-state index in [0.717, 1.165) is 47.4 Å². The van der Waals surface area contributed by atoms with Crippen molar-refractivity contribution in [1.82, 2.24) is 24.8 Å². The smallest absolute Gasteiger partial charge is 0.307 e. The highest BCUT2D eigenvalue weighted by atomic mass is 16.6. The zero-order valence-corrected chi connectivity index (χ0v) is 25.9. The highest BCUT2D eigenvalue weighted by Crippen LogP contribution is 2.32. The number of ether oxygens (including phenoxy) is 1. The number of hydrogen-bond donors (Lipinski definition) is 2. The summed E-state index contributed by atoms with van der Waals surface area (Å²) in [5, 5.41) is 9.62. The number of nitrogens with zero attached hydrogens (tertiary/aromatic N) is 4. The van der Waals surface area contributed by atoms with Crippen molar-refractivity contribution in [2.75, 3.05) is 26.7 Å². The Balaban J connectivity index is 1.34. The van der Waals surface area contributed by atoms with Crippen molar-refractivity contribution >= 4 is 23.0 Å². The van der Waals surface area contributed by atoms with E-state index < -0.39 is 11.7 Å². The summed E-state index contributed by atoms with van der Waals surface area (Å²) in [5.41, 5.74) is 9.06. The van der Waals surface area contributed by atoms with Crippen molar-refractivity contribution in [3.8, 4) is 22.4 Å². The van der Waals surface area contributed by atoms with Gasteiger partial charge < -0.3 is 19.7 Å². The molecule has 1 amide bonds. The summed E-state index contributed by atoms with van der Waals surface area (Å²) in [6.45, 7) is 12.1. The first-order valence-electron chi connectivity index (χ1n) is 14.8. The number of carbonyl (C=O) groups is 2. The minimum Gasteiger partial charge on any atom is -0.460 e. The Labute approximate surface area is 252 Å². The number of amides is 1. The van der Waals surface area contributed by atoms with Gasteiger partial charge in [0.25, 0.3) is 5.91 Å². The van der Waals surface area contributed by atoms with Gasteiger partial charge in [0, 0.05) is 56.1 Å². The van der Waals surface area contributed by atoms with E-state index in [1.165, 1.54) is 21.6 Å². The topological polar surface area (TPSA) is 112 Å². The van der Waals surface area contributed by atoms with Gasteiger partial charge >= 0.3 is 5.97 Å². The Bertz CT molecular complexity index is 1640. The van der Waals surface area contributed by atoms with Crippen molar-refractivity contribution in [3.05, 3.63) is 71.0 Å². The van der Waals surface area contributed by atoms with Gasteiger partial charge in [0.1, 0.15) is 11.1 Å². The third-order valence-corrected chi connectivity index (χ3v) is 7.70. The molecule has 0 radical (unpaired) electrons. The van der Waals surface area contributed by atoms with Crippen LogP contribution in [0.4, 0.5) is 0 Å². The SMILES string of the molecule is Cc1cc(-c2cnc3[nH]cc(-c4ccc(C(=O)N(C)C[C@H](C)O)cc4)c3n2)cc2c1CN(CCC(=O)OC(C)(C)C)CC2. The molecule has 43 heavy (non-hydrogen) atoms. The molecule has 5 rings (SSSR count). The van der Waals surface area contributed by atoms with E-state index in [2.05, 4.69) is 33.9 Å². The Morgan fingerprint density at radius 2 is 1.91 bits per heavy atom. The fourth-order valence-corrected chi connectivity index (χ4v) is 5.64. The quantitative estimate of drug-likeness (QED) is 0.276. The van der Waals surface area contributed by atoms with Gasteiger partial charge in [-0.1, -0.05) is 12.1 Å². The number of aromatic amines is 1. The van der Waals surface area contributed by atoms with E-state index in [1.54, 1.807) is 32.3 Å². The largest absolute Gasteiger partial charge is 0.460 e. The highest BCUT2D eigenvalue weighted by Gasteiger charge is 2.22. The van der Waals surface area contributed by atoms with Gasteiger partial charge in [-0.15, -0.1) is 0 Å². The van der Waals surface area contributed by atoms with E-state index in [4.69, 9.17) is 9.72 Å². The molecule has 9 heteroatoms. The van der Waals surface area contributed by atoms with E-state index >= 15 is 0 Å². The Morgan fingerprint density at radius 1 is 1.16 bits per heavy atom. The maximum Gasteiger partial charge on any atom is 0.307 e. The lowest BCUT2D eigenvalue weighted by Crippen LogP contribution is -2.34. The average molecular weight is 584 g/mol. The third kappa shape index (κ3) is 7.12. The molecule has 0 unspecified atom stereocenters. The lowest BCUT2D eigenvalue weighted by Gasteiger charge is -2.30. The summed E-state index contributed by atoms with van der Waals surface area (Å²) in [6, 6.07) is 11.8. The molecule has 0 bridgehead atoms. The molecule has 4 aromatic rings. The number of aryl methyl sites for hydroxylation is 1. The molecule has 3 heterocycles. The molecule has 0 aliphatic carbocycles. The van der Waals surface area contributed by atoms with Crippen LogP contribution < -0.4 is 0 Å². The molecular weight excluding hydrogens is 542 g/mol. The lowest BCUT2D eigenvalue weighted by molar-refractivity contribution is -0.155. The molecule has 2 aromatic heterocycles. The first kappa shape index (κ1) is 30.4. The van der Waals surface area contributed by atoms with Gasteiger partial charge in [-0.25, -0.2) is 9.97 Å². The van der Waals surface area contributed by atoms with E-state index in [-0.39, 0.29) is 18.4 Å². The molecule has 2 aromatic carbocycles. The number of nitrogens with one attached hydrogen (secondary N) is 1. The normalized spacial score (nSPS) is 14.4. The lowest BCUT2D eigenvalue weighted by atomic mass is 9.92. The number of likely N-dealkylation sites (N-methyl/N-ethyl adjacent to an activating group) is 1. The summed E-state index contributed by atoms with van der Waals surface area (Å²) >= 11 is 0. The van der Waals surface area contributed by atoms with Gasteiger partial charge in [-0.3, -0.25) is 14.5 Å². The first-order valence-corrected chi connectivity index (χ1v) is 14.8. The second-order valence-electron chi connectivity index (χ2n) is 12.6. The van der Waals surface area contributed by atoms with Crippen LogP contribution in [0.1, 0.15) is 61.2 Å². The Kier molecular flexibility index (Phi) is 8.66. The minimum absolute atomic E-state index is 0.137. The van der Waals surface area contributed by atoms with Crippen LogP contribution >= 0.6 is 0 Å². The van der Waals surface area contributed by atoms with Gasteiger partial charge in [-0.2, -0.15) is 0 Å². The first-order chi connectivity index (χ1) is 20.4. The number of aliphatic hydroxyl groups excluding tert-OH is 1. The van der Waals surface area contributed by atoms with Crippen LogP contribution in [0.25, 0.3) is 33.5 Å². The summed E-state index contributed by atoms with van der Waals surface area (Å²) in [4.78, 5) is 41.7. The summed E-state index contributed by atoms with van der Waals surface area (Å²) in [6.07, 6.45) is 4.41. The second kappa shape index (κ2) is 12.3. The molecule has 0 saturated carbocycles. The van der Waals surface area contributed by atoms with Crippen molar-refractivity contribution in [1.29, 1.82) is 0 Å².